The van der Waals surface area contributed by atoms with Crippen molar-refractivity contribution in [1.29, 1.82) is 0 Å². The molecule has 9 fully saturated rings. The van der Waals surface area contributed by atoms with Crippen molar-refractivity contribution < 1.29 is 96.3 Å². The van der Waals surface area contributed by atoms with Crippen LogP contribution in [0.3, 0.4) is 0 Å². The summed E-state index contributed by atoms with van der Waals surface area (Å²) in [7, 11) is 6.27. The lowest BCUT2D eigenvalue weighted by atomic mass is 9.40. The number of fused-ring (bicyclic) bond motifs is 4. The number of carbonyl (C=O) groups excluding carboxylic acids is 2. The second kappa shape index (κ2) is 21.5. The first-order valence-corrected chi connectivity index (χ1v) is 27.7. The summed E-state index contributed by atoms with van der Waals surface area (Å²) in [5.41, 5.74) is -5.42. The Kier molecular flexibility index (Phi) is 16.1. The van der Waals surface area contributed by atoms with Gasteiger partial charge in [-0.2, -0.15) is 0 Å². The Hall–Kier alpha value is -2.32. The van der Waals surface area contributed by atoms with Gasteiger partial charge in [0.05, 0.1) is 60.5 Å². The predicted molar refractivity (Wildman–Crippen MR) is 265 cm³/mol. The molecule has 1 aromatic rings. The van der Waals surface area contributed by atoms with Gasteiger partial charge in [0.1, 0.15) is 65.3 Å². The van der Waals surface area contributed by atoms with Crippen LogP contribution >= 0.6 is 0 Å². The molecule has 27 atom stereocenters. The molecule has 20 heteroatoms. The van der Waals surface area contributed by atoms with Crippen LogP contribution in [0.15, 0.2) is 30.3 Å². The fraction of sp³-hybridized carbons (Fsp3) is 0.857. The van der Waals surface area contributed by atoms with E-state index in [0.717, 1.165) is 0 Å². The van der Waals surface area contributed by atoms with Crippen LogP contribution < -0.4 is 0 Å². The predicted octanol–water partition coefficient (Wildman–Crippen LogP) is 3.90. The molecule has 0 bridgehead atoms. The van der Waals surface area contributed by atoms with Crippen molar-refractivity contribution in [1.82, 2.24) is 0 Å². The number of ether oxygens (including phenoxy) is 14. The van der Waals surface area contributed by atoms with Gasteiger partial charge in [-0.3, -0.25) is 4.79 Å². The summed E-state index contributed by atoms with van der Waals surface area (Å²) in [6.07, 6.45) is -8.91. The maximum atomic E-state index is 13.8. The van der Waals surface area contributed by atoms with Crippen LogP contribution in [0.4, 0.5) is 0 Å². The van der Waals surface area contributed by atoms with Gasteiger partial charge in [-0.15, -0.1) is 0 Å². The first-order valence-electron chi connectivity index (χ1n) is 27.7. The zero-order valence-electron chi connectivity index (χ0n) is 46.0. The van der Waals surface area contributed by atoms with E-state index in [2.05, 4.69) is 6.92 Å². The van der Waals surface area contributed by atoms with E-state index in [1.807, 2.05) is 33.8 Å². The average molecular weight is 1080 g/mol. The summed E-state index contributed by atoms with van der Waals surface area (Å²) in [5, 5.41) is 47.6. The van der Waals surface area contributed by atoms with Crippen LogP contribution in [0.25, 0.3) is 0 Å². The molecule has 1 aromatic carbocycles. The Balaban J connectivity index is 0.753. The molecular weight excluding hydrogens is 993 g/mol. The molecule has 10 rings (SSSR count). The van der Waals surface area contributed by atoms with E-state index in [-0.39, 0.29) is 37.3 Å². The molecule has 4 saturated carbocycles. The maximum absolute atomic E-state index is 13.8. The molecular formula is C56H84O20. The maximum Gasteiger partial charge on any atom is 0.338 e. The first kappa shape index (κ1) is 56.9. The average Bonchev–Trinajstić information content (AvgIpc) is 4.20. The van der Waals surface area contributed by atoms with Crippen molar-refractivity contribution in [3.63, 3.8) is 0 Å². The number of epoxide rings is 1. The van der Waals surface area contributed by atoms with Crippen molar-refractivity contribution >= 4 is 11.8 Å². The van der Waals surface area contributed by atoms with Gasteiger partial charge < -0.3 is 86.7 Å². The molecule has 76 heavy (non-hydrogen) atoms. The van der Waals surface area contributed by atoms with Crippen molar-refractivity contribution in [2.45, 2.75) is 252 Å². The number of aliphatic hydroxyl groups excluding tert-OH is 2. The Morgan fingerprint density at radius 2 is 1.18 bits per heavy atom. The van der Waals surface area contributed by atoms with Crippen molar-refractivity contribution in [2.24, 2.45) is 22.7 Å². The molecule has 1 spiro atoms. The van der Waals surface area contributed by atoms with Gasteiger partial charge in [-0.1, -0.05) is 32.0 Å². The highest BCUT2D eigenvalue weighted by molar-refractivity contribution is 5.89. The van der Waals surface area contributed by atoms with Crippen molar-refractivity contribution in [2.75, 3.05) is 28.4 Å². The van der Waals surface area contributed by atoms with Gasteiger partial charge in [0.15, 0.2) is 25.2 Å². The molecule has 0 unspecified atom stereocenters. The summed E-state index contributed by atoms with van der Waals surface area (Å²) in [4.78, 5) is 27.1. The van der Waals surface area contributed by atoms with Crippen LogP contribution in [-0.4, -0.2) is 200 Å². The van der Waals surface area contributed by atoms with Crippen LogP contribution in [-0.2, 0) is 71.1 Å². The van der Waals surface area contributed by atoms with Gasteiger partial charge in [-0.25, -0.2) is 4.79 Å². The van der Waals surface area contributed by atoms with E-state index in [1.165, 1.54) is 14.0 Å². The van der Waals surface area contributed by atoms with E-state index in [4.69, 9.17) is 66.3 Å². The number of hydrogen-bond acceptors (Lipinski definition) is 20. The van der Waals surface area contributed by atoms with Crippen LogP contribution in [0, 0.1) is 22.7 Å². The minimum atomic E-state index is -1.71. The number of hydrogen-bond donors (Lipinski definition) is 4. The lowest BCUT2D eigenvalue weighted by Gasteiger charge is -2.67. The Labute approximate surface area is 446 Å². The number of carbonyl (C=O) groups is 2. The molecule has 0 aromatic heterocycles. The zero-order valence-corrected chi connectivity index (χ0v) is 46.0. The molecule has 4 aliphatic carbocycles. The van der Waals surface area contributed by atoms with Crippen LogP contribution in [0.2, 0.25) is 0 Å². The minimum Gasteiger partial charge on any atom is -0.458 e. The lowest BCUT2D eigenvalue weighted by molar-refractivity contribution is -0.356. The van der Waals surface area contributed by atoms with E-state index in [1.54, 1.807) is 52.5 Å². The van der Waals surface area contributed by atoms with Crippen LogP contribution in [0.1, 0.15) is 123 Å². The van der Waals surface area contributed by atoms with Gasteiger partial charge in [0.25, 0.3) is 0 Å². The highest BCUT2D eigenvalue weighted by atomic mass is 16.8. The third-order valence-electron chi connectivity index (χ3n) is 20.2. The van der Waals surface area contributed by atoms with E-state index >= 15 is 0 Å². The number of Topliss-reactive ketones (excluding diaryl/α,β-unsaturated/α-hetero) is 1. The SMILES string of the molecule is CO[C@@H]1[C@@H](O)[C@H](O[C@H]2[C@@H](OC)C[C@H](O[C@H]3[C@@H](OC)C[C@H](O[C@H]4[C@@H](OC)C[C@H](O[C@H]5CC[C@]6(C)[C@H]7C[C@@H](OC(=O)c8ccccc8)[C@]8(C)[C@H](C(C)=O)CC[C@]8(O)[C@]7(O)C[C@@H]7O[C@@]76C5)O[C@@H]4C)O[C@@H]3C)O[C@@H]2C)O[C@H](C)[C@H]1O. The fourth-order valence-electron chi connectivity index (χ4n) is 16.0. The number of benzene rings is 1. The van der Waals surface area contributed by atoms with E-state index < -0.39 is 156 Å². The molecule has 4 N–H and O–H groups in total. The number of aliphatic hydroxyl groups is 4. The highest BCUT2D eigenvalue weighted by Crippen LogP contribution is 2.76. The Morgan fingerprint density at radius 3 is 1.72 bits per heavy atom. The Morgan fingerprint density at radius 1 is 0.632 bits per heavy atom. The lowest BCUT2D eigenvalue weighted by Crippen LogP contribution is -2.78. The molecule has 428 valence electrons. The molecule has 5 saturated heterocycles. The minimum absolute atomic E-state index is 0.0957. The summed E-state index contributed by atoms with van der Waals surface area (Å²) >= 11 is 0. The number of esters is 1. The second-order valence-electron chi connectivity index (χ2n) is 24.0. The van der Waals surface area contributed by atoms with Gasteiger partial charge in [-0.05, 0) is 78.9 Å². The molecule has 0 amide bonds. The zero-order chi connectivity index (χ0) is 54.4. The smallest absolute Gasteiger partial charge is 0.338 e. The molecule has 5 aliphatic heterocycles. The molecule has 20 nitrogen and oxygen atoms in total. The van der Waals surface area contributed by atoms with Gasteiger partial charge in [0, 0.05) is 83.2 Å². The standard InChI is InChI=1S/C56H84O20/c1-27(57)34-18-20-56(62)53(34,7)39(72-50(60)32-15-13-12-14-16-32)24-38-52(6)19-17-33(25-55(52)40(76-55)26-54(38,56)61)71-41-21-35(63-8)46(29(3)67-41)73-42-22-36(64-9)47(30(4)68-42)74-43-23-37(65-10)48(31(5)69-43)75-51-45(59)49(66-11)44(58)28(2)70-51/h12-16,28-31,33-49,51,58-59,61-62H,17-26H2,1-11H3/t28-,29-,30-,31-,33+,34+,35+,36+,37+,38-,39-,40+,41+,42+,43+,44-,45-,46-,47-,48-,49+,51+,52-,53+,54+,55+,56-/m1/s1. The van der Waals surface area contributed by atoms with E-state index in [0.29, 0.717) is 50.5 Å². The largest absolute Gasteiger partial charge is 0.458 e. The van der Waals surface area contributed by atoms with Gasteiger partial charge >= 0.3 is 5.97 Å². The van der Waals surface area contributed by atoms with Crippen molar-refractivity contribution in [3.05, 3.63) is 35.9 Å². The van der Waals surface area contributed by atoms with Crippen molar-refractivity contribution in [3.8, 4) is 0 Å². The second-order valence-corrected chi connectivity index (χ2v) is 24.0. The Bertz CT molecular complexity index is 2210. The topological polar surface area (TPSA) is 248 Å². The highest BCUT2D eigenvalue weighted by Gasteiger charge is 2.85. The van der Waals surface area contributed by atoms with Crippen LogP contribution in [0.5, 0.6) is 0 Å². The summed E-state index contributed by atoms with van der Waals surface area (Å²) in [5.74, 6) is -1.73. The quantitative estimate of drug-likeness (QED) is 0.110. The van der Waals surface area contributed by atoms with Gasteiger partial charge in [0.2, 0.25) is 0 Å². The third kappa shape index (κ3) is 9.35. The third-order valence-corrected chi connectivity index (χ3v) is 20.2. The summed E-state index contributed by atoms with van der Waals surface area (Å²) < 4.78 is 88.1. The monoisotopic (exact) mass is 1080 g/mol. The number of rotatable bonds is 15. The normalized spacial score (nSPS) is 51.9. The number of methoxy groups -OCH3 is 4. The first-order chi connectivity index (χ1) is 36.1. The van der Waals surface area contributed by atoms with E-state index in [9.17, 15) is 30.0 Å². The fourth-order valence-corrected chi connectivity index (χ4v) is 16.0. The summed E-state index contributed by atoms with van der Waals surface area (Å²) in [6.45, 7) is 12.9. The molecule has 5 heterocycles. The molecule has 9 aliphatic rings. The molecule has 0 radical (unpaired) electrons. The summed E-state index contributed by atoms with van der Waals surface area (Å²) in [6, 6.07) is 8.75. The number of ketones is 1.